The van der Waals surface area contributed by atoms with Crippen LogP contribution >= 0.6 is 0 Å². The van der Waals surface area contributed by atoms with Crippen molar-refractivity contribution in [2.24, 2.45) is 11.8 Å². The molecule has 0 N–H and O–H groups in total. The molecule has 0 saturated heterocycles. The van der Waals surface area contributed by atoms with Crippen LogP contribution in [0.3, 0.4) is 0 Å². The predicted molar refractivity (Wildman–Crippen MR) is 76.5 cm³/mol. The van der Waals surface area contributed by atoms with Gasteiger partial charge in [0, 0.05) is 18.1 Å². The second kappa shape index (κ2) is 8.91. The van der Waals surface area contributed by atoms with Crippen LogP contribution in [0.25, 0.3) is 0 Å². The van der Waals surface area contributed by atoms with Crippen LogP contribution in [0.5, 0.6) is 0 Å². The maximum absolute atomic E-state index is 11.1. The summed E-state index contributed by atoms with van der Waals surface area (Å²) in [4.78, 5) is 22.2. The fraction of sp³-hybridized carbons (Fsp3) is 0.312. The summed E-state index contributed by atoms with van der Waals surface area (Å²) in [5.41, 5.74) is 0. The molecule has 0 aromatic heterocycles. The zero-order valence-electron chi connectivity index (χ0n) is 11.4. The molecule has 0 aromatic carbocycles. The lowest BCUT2D eigenvalue weighted by Crippen LogP contribution is -2.22. The van der Waals surface area contributed by atoms with E-state index >= 15 is 0 Å². The van der Waals surface area contributed by atoms with Crippen molar-refractivity contribution >= 4 is 11.9 Å². The highest BCUT2D eigenvalue weighted by Gasteiger charge is 2.18. The maximum atomic E-state index is 11.1. The van der Waals surface area contributed by atoms with Crippen LogP contribution in [0.2, 0.25) is 0 Å². The maximum Gasteiger partial charge on any atom is 0.330 e. The Morgan fingerprint density at radius 3 is 2.10 bits per heavy atom. The number of allylic oxidation sites excluding steroid dienone is 4. The van der Waals surface area contributed by atoms with Gasteiger partial charge >= 0.3 is 11.9 Å². The minimum Gasteiger partial charge on any atom is -0.462 e. The first-order chi connectivity index (χ1) is 9.65. The average molecular weight is 275 g/mol. The standard InChI is InChI=1S/C16H19O4/c1-3-15(17)19-11-14(12-20-16(18)4-2)10-13-8-6-5-7-9-13/h3-9,13-14H,1-2,10-12H2. The Morgan fingerprint density at radius 1 is 1.05 bits per heavy atom. The van der Waals surface area contributed by atoms with Crippen LogP contribution in [0.1, 0.15) is 6.42 Å². The van der Waals surface area contributed by atoms with Gasteiger partial charge in [-0.25, -0.2) is 9.59 Å². The Labute approximate surface area is 119 Å². The van der Waals surface area contributed by atoms with Gasteiger partial charge in [-0.05, 0) is 18.8 Å². The molecule has 4 heteroatoms. The molecular formula is C16H19O4. The van der Waals surface area contributed by atoms with Crippen molar-refractivity contribution in [3.05, 3.63) is 56.0 Å². The van der Waals surface area contributed by atoms with Crippen LogP contribution in [0.15, 0.2) is 49.6 Å². The van der Waals surface area contributed by atoms with E-state index in [2.05, 4.69) is 25.7 Å². The monoisotopic (exact) mass is 275 g/mol. The number of hydrogen-bond acceptors (Lipinski definition) is 4. The molecule has 0 bridgehead atoms. The molecule has 20 heavy (non-hydrogen) atoms. The third-order valence-electron chi connectivity index (χ3n) is 2.80. The zero-order valence-corrected chi connectivity index (χ0v) is 11.4. The Morgan fingerprint density at radius 2 is 1.65 bits per heavy atom. The second-order valence-corrected chi connectivity index (χ2v) is 4.40. The van der Waals surface area contributed by atoms with E-state index in [1.54, 1.807) is 0 Å². The van der Waals surface area contributed by atoms with Crippen molar-refractivity contribution < 1.29 is 19.1 Å². The van der Waals surface area contributed by atoms with Gasteiger partial charge < -0.3 is 9.47 Å². The molecule has 1 unspecified atom stereocenters. The summed E-state index contributed by atoms with van der Waals surface area (Å²) in [5.74, 6) is -0.781. The predicted octanol–water partition coefficient (Wildman–Crippen LogP) is 2.40. The van der Waals surface area contributed by atoms with E-state index in [4.69, 9.17) is 9.47 Å². The van der Waals surface area contributed by atoms with Crippen LogP contribution in [-0.2, 0) is 19.1 Å². The molecule has 0 amide bonds. The van der Waals surface area contributed by atoms with Crippen molar-refractivity contribution in [2.45, 2.75) is 6.42 Å². The highest BCUT2D eigenvalue weighted by molar-refractivity contribution is 5.81. The molecule has 107 valence electrons. The van der Waals surface area contributed by atoms with Crippen LogP contribution < -0.4 is 0 Å². The Hall–Kier alpha value is -2.10. The van der Waals surface area contributed by atoms with Crippen molar-refractivity contribution in [3.8, 4) is 0 Å². The number of rotatable bonds is 8. The number of hydrogen-bond donors (Lipinski definition) is 0. The van der Waals surface area contributed by atoms with Gasteiger partial charge in [0.2, 0.25) is 0 Å². The van der Waals surface area contributed by atoms with E-state index in [-0.39, 0.29) is 25.0 Å². The summed E-state index contributed by atoms with van der Waals surface area (Å²) < 4.78 is 10.1. The van der Waals surface area contributed by atoms with Gasteiger partial charge in [0.25, 0.3) is 0 Å². The minimum absolute atomic E-state index is 0.0693. The first-order valence-electron chi connectivity index (χ1n) is 6.42. The van der Waals surface area contributed by atoms with Gasteiger partial charge in [-0.3, -0.25) is 0 Å². The van der Waals surface area contributed by atoms with E-state index in [1.807, 2.05) is 18.2 Å². The fourth-order valence-corrected chi connectivity index (χ4v) is 1.79. The highest BCUT2D eigenvalue weighted by atomic mass is 16.5. The average Bonchev–Trinajstić information content (AvgIpc) is 2.50. The lowest BCUT2D eigenvalue weighted by atomic mass is 9.90. The number of carbonyl (C=O) groups excluding carboxylic acids is 2. The van der Waals surface area contributed by atoms with E-state index in [0.717, 1.165) is 18.6 Å². The molecule has 1 atom stereocenters. The molecule has 0 saturated carbocycles. The quantitative estimate of drug-likeness (QED) is 0.504. The lowest BCUT2D eigenvalue weighted by molar-refractivity contribution is -0.143. The Kier molecular flexibility index (Phi) is 7.11. The zero-order chi connectivity index (χ0) is 14.8. The van der Waals surface area contributed by atoms with E-state index in [9.17, 15) is 9.59 Å². The van der Waals surface area contributed by atoms with Gasteiger partial charge in [-0.15, -0.1) is 0 Å². The molecular weight excluding hydrogens is 256 g/mol. The van der Waals surface area contributed by atoms with E-state index in [1.165, 1.54) is 0 Å². The van der Waals surface area contributed by atoms with E-state index < -0.39 is 11.9 Å². The van der Waals surface area contributed by atoms with Crippen molar-refractivity contribution in [2.75, 3.05) is 13.2 Å². The third-order valence-corrected chi connectivity index (χ3v) is 2.80. The first kappa shape index (κ1) is 16.0. The third kappa shape index (κ3) is 6.18. The summed E-state index contributed by atoms with van der Waals surface area (Å²) in [5, 5.41) is 0. The van der Waals surface area contributed by atoms with Crippen LogP contribution in [0.4, 0.5) is 0 Å². The molecule has 1 aliphatic rings. The van der Waals surface area contributed by atoms with Crippen LogP contribution in [0, 0.1) is 18.3 Å². The minimum atomic E-state index is -0.479. The molecule has 0 fully saturated rings. The van der Waals surface area contributed by atoms with Crippen molar-refractivity contribution in [1.82, 2.24) is 0 Å². The molecule has 0 heterocycles. The van der Waals surface area contributed by atoms with E-state index in [0.29, 0.717) is 0 Å². The number of esters is 2. The summed E-state index contributed by atoms with van der Waals surface area (Å²) in [6, 6.07) is 0. The fourth-order valence-electron chi connectivity index (χ4n) is 1.79. The molecule has 1 rings (SSSR count). The molecule has 4 nitrogen and oxygen atoms in total. The van der Waals surface area contributed by atoms with Gasteiger partial charge in [0.15, 0.2) is 0 Å². The number of carbonyl (C=O) groups is 2. The molecule has 0 aromatic rings. The molecule has 1 radical (unpaired) electrons. The van der Waals surface area contributed by atoms with Crippen molar-refractivity contribution in [1.29, 1.82) is 0 Å². The van der Waals surface area contributed by atoms with Gasteiger partial charge in [0.1, 0.15) is 0 Å². The second-order valence-electron chi connectivity index (χ2n) is 4.40. The lowest BCUT2D eigenvalue weighted by Gasteiger charge is -2.21. The highest BCUT2D eigenvalue weighted by Crippen LogP contribution is 2.21. The summed E-state index contributed by atoms with van der Waals surface area (Å²) in [6.45, 7) is 7.07. The van der Waals surface area contributed by atoms with Crippen LogP contribution in [-0.4, -0.2) is 25.2 Å². The topological polar surface area (TPSA) is 52.6 Å². The van der Waals surface area contributed by atoms with Gasteiger partial charge in [-0.1, -0.05) is 37.5 Å². The summed E-state index contributed by atoms with van der Waals surface area (Å²) in [6.07, 6.45) is 12.9. The Bertz CT molecular complexity index is 396. The Balaban J connectivity index is 2.48. The van der Waals surface area contributed by atoms with Gasteiger partial charge in [-0.2, -0.15) is 0 Å². The normalized spacial score (nSPS) is 16.8. The summed E-state index contributed by atoms with van der Waals surface area (Å²) in [7, 11) is 0. The SMILES string of the molecule is C=CC(=O)OCC(COC(=O)C=C)CC1[CH]C=CC=C1. The smallest absolute Gasteiger partial charge is 0.330 e. The van der Waals surface area contributed by atoms with Gasteiger partial charge in [0.05, 0.1) is 13.2 Å². The first-order valence-corrected chi connectivity index (χ1v) is 6.42. The number of ether oxygens (including phenoxy) is 2. The largest absolute Gasteiger partial charge is 0.462 e. The molecule has 0 spiro atoms. The van der Waals surface area contributed by atoms with Crippen molar-refractivity contribution in [3.63, 3.8) is 0 Å². The summed E-state index contributed by atoms with van der Waals surface area (Å²) >= 11 is 0. The molecule has 0 aliphatic heterocycles. The molecule has 1 aliphatic carbocycles.